The van der Waals surface area contributed by atoms with E-state index in [4.69, 9.17) is 9.26 Å². The Morgan fingerprint density at radius 2 is 1.90 bits per heavy atom. The molecule has 2 atom stereocenters. The van der Waals surface area contributed by atoms with E-state index in [-0.39, 0.29) is 29.9 Å². The van der Waals surface area contributed by atoms with Gasteiger partial charge >= 0.3 is 6.03 Å². The van der Waals surface area contributed by atoms with Gasteiger partial charge in [-0.2, -0.15) is 4.98 Å². The summed E-state index contributed by atoms with van der Waals surface area (Å²) in [5, 5.41) is 6.67. The van der Waals surface area contributed by atoms with Crippen molar-refractivity contribution in [1.82, 2.24) is 20.4 Å². The molecular weight excluding hydrogens is 372 g/mol. The molecule has 0 saturated carbocycles. The van der Waals surface area contributed by atoms with Gasteiger partial charge in [0.2, 0.25) is 5.89 Å². The number of ether oxygens (including phenoxy) is 1. The van der Waals surface area contributed by atoms with Gasteiger partial charge in [0, 0.05) is 6.61 Å². The monoisotopic (exact) mass is 400 g/mol. The Morgan fingerprint density at radius 1 is 1.24 bits per heavy atom. The van der Waals surface area contributed by atoms with Crippen LogP contribution in [0.2, 0.25) is 0 Å². The van der Waals surface area contributed by atoms with Gasteiger partial charge in [-0.25, -0.2) is 4.79 Å². The largest absolute Gasteiger partial charge is 0.371 e. The molecule has 1 N–H and O–H groups in total. The lowest BCUT2D eigenvalue weighted by molar-refractivity contribution is -0.131. The molecule has 1 aromatic heterocycles. The van der Waals surface area contributed by atoms with Crippen molar-refractivity contribution in [3.8, 4) is 0 Å². The van der Waals surface area contributed by atoms with Crippen LogP contribution in [0.3, 0.4) is 0 Å². The third-order valence-electron chi connectivity index (χ3n) is 5.16. The summed E-state index contributed by atoms with van der Waals surface area (Å²) in [4.78, 5) is 31.0. The molecule has 2 aromatic rings. The van der Waals surface area contributed by atoms with Crippen molar-refractivity contribution in [3.05, 3.63) is 47.1 Å². The Kier molecular flexibility index (Phi) is 5.49. The quantitative estimate of drug-likeness (QED) is 0.746. The molecule has 156 valence electrons. The zero-order valence-corrected chi connectivity index (χ0v) is 17.8. The van der Waals surface area contributed by atoms with Gasteiger partial charge < -0.3 is 14.6 Å². The zero-order valence-electron chi connectivity index (χ0n) is 17.8. The van der Waals surface area contributed by atoms with Crippen LogP contribution in [0.1, 0.15) is 70.5 Å². The standard InChI is InChI=1S/C21H28N4O4/c1-7-28-13(2)17-22-16(29-24-17)12-25-18(26)21(6,23-19(25)27)15-10-8-14(9-11-15)20(3,4)5/h8-11,13H,7,12H2,1-6H3,(H,23,27). The highest BCUT2D eigenvalue weighted by Gasteiger charge is 2.49. The molecular formula is C21H28N4O4. The molecule has 0 spiro atoms. The number of imide groups is 1. The maximum Gasteiger partial charge on any atom is 0.325 e. The van der Waals surface area contributed by atoms with E-state index in [1.807, 2.05) is 38.1 Å². The molecule has 1 aliphatic rings. The van der Waals surface area contributed by atoms with Crippen LogP contribution in [0.5, 0.6) is 0 Å². The minimum Gasteiger partial charge on any atom is -0.371 e. The van der Waals surface area contributed by atoms with Crippen molar-refractivity contribution in [2.24, 2.45) is 0 Å². The summed E-state index contributed by atoms with van der Waals surface area (Å²) in [7, 11) is 0. The molecule has 1 fully saturated rings. The van der Waals surface area contributed by atoms with Crippen LogP contribution in [0.15, 0.2) is 28.8 Å². The molecule has 2 unspecified atom stereocenters. The van der Waals surface area contributed by atoms with Crippen LogP contribution in [-0.2, 0) is 27.0 Å². The zero-order chi connectivity index (χ0) is 21.4. The molecule has 8 heteroatoms. The number of carbonyl (C=O) groups is 2. The summed E-state index contributed by atoms with van der Waals surface area (Å²) < 4.78 is 10.6. The van der Waals surface area contributed by atoms with Gasteiger partial charge in [0.15, 0.2) is 5.82 Å². The summed E-state index contributed by atoms with van der Waals surface area (Å²) in [6.07, 6.45) is -0.327. The molecule has 8 nitrogen and oxygen atoms in total. The lowest BCUT2D eigenvalue weighted by Gasteiger charge is -2.24. The molecule has 2 heterocycles. The number of hydrogen-bond donors (Lipinski definition) is 1. The van der Waals surface area contributed by atoms with E-state index in [0.717, 1.165) is 16.0 Å². The van der Waals surface area contributed by atoms with Crippen LogP contribution in [-0.4, -0.2) is 33.6 Å². The summed E-state index contributed by atoms with van der Waals surface area (Å²) in [6.45, 7) is 12.2. The number of hydrogen-bond acceptors (Lipinski definition) is 6. The van der Waals surface area contributed by atoms with E-state index in [0.29, 0.717) is 12.4 Å². The Hall–Kier alpha value is -2.74. The molecule has 29 heavy (non-hydrogen) atoms. The summed E-state index contributed by atoms with van der Waals surface area (Å²) in [5.41, 5.74) is 0.736. The van der Waals surface area contributed by atoms with Crippen LogP contribution in [0, 0.1) is 0 Å². The average molecular weight is 400 g/mol. The van der Waals surface area contributed by atoms with Crippen LogP contribution >= 0.6 is 0 Å². The molecule has 3 rings (SSSR count). The van der Waals surface area contributed by atoms with Gasteiger partial charge in [0.05, 0.1) is 0 Å². The first kappa shape index (κ1) is 21.0. The number of nitrogens with zero attached hydrogens (tertiary/aromatic N) is 3. The first-order chi connectivity index (χ1) is 13.6. The molecule has 0 bridgehead atoms. The maximum atomic E-state index is 13.1. The second-order valence-corrected chi connectivity index (χ2v) is 8.42. The highest BCUT2D eigenvalue weighted by Crippen LogP contribution is 2.31. The predicted octanol–water partition coefficient (Wildman–Crippen LogP) is 3.43. The summed E-state index contributed by atoms with van der Waals surface area (Å²) >= 11 is 0. The smallest absolute Gasteiger partial charge is 0.325 e. The maximum absolute atomic E-state index is 13.1. The number of carbonyl (C=O) groups excluding carboxylic acids is 2. The van der Waals surface area contributed by atoms with E-state index in [2.05, 4.69) is 36.2 Å². The van der Waals surface area contributed by atoms with Crippen LogP contribution in [0.4, 0.5) is 4.79 Å². The molecule has 0 radical (unpaired) electrons. The Morgan fingerprint density at radius 3 is 2.48 bits per heavy atom. The number of benzene rings is 1. The third-order valence-corrected chi connectivity index (χ3v) is 5.16. The molecule has 1 aliphatic heterocycles. The fourth-order valence-electron chi connectivity index (χ4n) is 3.30. The highest BCUT2D eigenvalue weighted by atomic mass is 16.5. The van der Waals surface area contributed by atoms with E-state index in [1.54, 1.807) is 6.92 Å². The van der Waals surface area contributed by atoms with Gasteiger partial charge in [0.25, 0.3) is 5.91 Å². The van der Waals surface area contributed by atoms with Crippen molar-refractivity contribution in [2.75, 3.05) is 6.61 Å². The fourth-order valence-corrected chi connectivity index (χ4v) is 3.30. The van der Waals surface area contributed by atoms with Gasteiger partial charge in [-0.1, -0.05) is 50.2 Å². The predicted molar refractivity (Wildman–Crippen MR) is 106 cm³/mol. The van der Waals surface area contributed by atoms with Crippen molar-refractivity contribution in [3.63, 3.8) is 0 Å². The number of aromatic nitrogens is 2. The number of nitrogens with one attached hydrogen (secondary N) is 1. The number of rotatable bonds is 6. The second kappa shape index (κ2) is 7.59. The minimum absolute atomic E-state index is 0.00267. The van der Waals surface area contributed by atoms with Crippen molar-refractivity contribution in [2.45, 2.75) is 65.1 Å². The molecule has 0 aliphatic carbocycles. The summed E-state index contributed by atoms with van der Waals surface area (Å²) in [6, 6.07) is 7.26. The third kappa shape index (κ3) is 4.03. The lowest BCUT2D eigenvalue weighted by Crippen LogP contribution is -2.40. The first-order valence-electron chi connectivity index (χ1n) is 9.75. The molecule has 1 aromatic carbocycles. The van der Waals surface area contributed by atoms with Crippen molar-refractivity contribution in [1.29, 1.82) is 0 Å². The second-order valence-electron chi connectivity index (χ2n) is 8.42. The van der Waals surface area contributed by atoms with Gasteiger partial charge in [-0.3, -0.25) is 9.69 Å². The number of amides is 3. The Bertz CT molecular complexity index is 900. The van der Waals surface area contributed by atoms with E-state index in [1.165, 1.54) is 0 Å². The Balaban J connectivity index is 1.79. The Labute approximate surface area is 170 Å². The normalized spacial score (nSPS) is 20.8. The lowest BCUT2D eigenvalue weighted by atomic mass is 9.84. The van der Waals surface area contributed by atoms with Gasteiger partial charge in [-0.15, -0.1) is 0 Å². The molecule has 3 amide bonds. The van der Waals surface area contributed by atoms with Crippen LogP contribution in [0.25, 0.3) is 0 Å². The van der Waals surface area contributed by atoms with E-state index < -0.39 is 11.6 Å². The van der Waals surface area contributed by atoms with Crippen molar-refractivity contribution < 1.29 is 18.8 Å². The van der Waals surface area contributed by atoms with Crippen molar-refractivity contribution >= 4 is 11.9 Å². The average Bonchev–Trinajstić information content (AvgIpc) is 3.21. The van der Waals surface area contributed by atoms with E-state index in [9.17, 15) is 9.59 Å². The SMILES string of the molecule is CCOC(C)c1noc(CN2C(=O)NC(C)(c3ccc(C(C)(C)C)cc3)C2=O)n1. The first-order valence-corrected chi connectivity index (χ1v) is 9.75. The van der Waals surface area contributed by atoms with Gasteiger partial charge in [0.1, 0.15) is 18.2 Å². The van der Waals surface area contributed by atoms with E-state index >= 15 is 0 Å². The van der Waals surface area contributed by atoms with Gasteiger partial charge in [-0.05, 0) is 37.3 Å². The fraction of sp³-hybridized carbons (Fsp3) is 0.524. The summed E-state index contributed by atoms with van der Waals surface area (Å²) in [5.74, 6) is 0.209. The number of urea groups is 1. The minimum atomic E-state index is -1.14. The van der Waals surface area contributed by atoms with Crippen LogP contribution < -0.4 is 5.32 Å². The highest BCUT2D eigenvalue weighted by molar-refractivity contribution is 6.07. The topological polar surface area (TPSA) is 97.6 Å². The molecule has 1 saturated heterocycles.